The fourth-order valence-corrected chi connectivity index (χ4v) is 2.19. The van der Waals surface area contributed by atoms with Gasteiger partial charge in [-0.3, -0.25) is 0 Å². The van der Waals surface area contributed by atoms with E-state index in [9.17, 15) is 0 Å². The minimum absolute atomic E-state index is 0.237. The Bertz CT molecular complexity index is 333. The van der Waals surface area contributed by atoms with Gasteiger partial charge in [0.15, 0.2) is 9.76 Å². The van der Waals surface area contributed by atoms with Gasteiger partial charge < -0.3 is 4.43 Å². The lowest BCUT2D eigenvalue weighted by Crippen LogP contribution is -2.02. The highest BCUT2D eigenvalue weighted by Gasteiger charge is 2.16. The summed E-state index contributed by atoms with van der Waals surface area (Å²) in [5.74, 6) is 1.42. The molecule has 0 aliphatic heterocycles. The van der Waals surface area contributed by atoms with Crippen LogP contribution in [0.4, 0.5) is 0 Å². The van der Waals surface area contributed by atoms with E-state index >= 15 is 0 Å². The van der Waals surface area contributed by atoms with Crippen molar-refractivity contribution in [1.82, 2.24) is 0 Å². The van der Waals surface area contributed by atoms with Crippen LogP contribution in [0.2, 0.25) is 6.55 Å². The minimum atomic E-state index is -0.237. The van der Waals surface area contributed by atoms with Crippen molar-refractivity contribution < 1.29 is 4.43 Å². The number of benzene rings is 1. The molecule has 0 unspecified atom stereocenters. The van der Waals surface area contributed by atoms with Crippen LogP contribution in [0.15, 0.2) is 30.3 Å². The molecule has 2 heteroatoms. The first-order chi connectivity index (χ1) is 6.92. The van der Waals surface area contributed by atoms with Crippen LogP contribution in [0.5, 0.6) is 0 Å². The van der Waals surface area contributed by atoms with Gasteiger partial charge in [0, 0.05) is 12.5 Å². The second-order valence-corrected chi connectivity index (χ2v) is 4.38. The van der Waals surface area contributed by atoms with Crippen molar-refractivity contribution >= 4 is 15.8 Å². The van der Waals surface area contributed by atoms with Gasteiger partial charge in [0.1, 0.15) is 0 Å². The Hall–Kier alpha value is -0.863. The van der Waals surface area contributed by atoms with Gasteiger partial charge in [-0.15, -0.1) is 0 Å². The van der Waals surface area contributed by atoms with Crippen molar-refractivity contribution in [2.45, 2.75) is 13.0 Å². The molecule has 1 aromatic rings. The summed E-state index contributed by atoms with van der Waals surface area (Å²) < 4.78 is 5.49. The van der Waals surface area contributed by atoms with Gasteiger partial charge in [-0.05, 0) is 17.5 Å². The molecule has 0 bridgehead atoms. The molecular weight excluding hydrogens is 188 g/mol. The summed E-state index contributed by atoms with van der Waals surface area (Å²) in [6.07, 6.45) is 5.45. The van der Waals surface area contributed by atoms with Gasteiger partial charge in [-0.1, -0.05) is 43.0 Å². The quantitative estimate of drug-likeness (QED) is 0.538. The number of rotatable bonds is 4. The Kier molecular flexibility index (Phi) is 3.17. The summed E-state index contributed by atoms with van der Waals surface area (Å²) in [5.41, 5.74) is 2.73. The normalized spacial score (nSPS) is 15.5. The molecule has 2 rings (SSSR count). The fraction of sp³-hybridized carbons (Fsp3) is 0.250. The van der Waals surface area contributed by atoms with Crippen LogP contribution in [0.1, 0.15) is 17.5 Å². The summed E-state index contributed by atoms with van der Waals surface area (Å²) in [6, 6.07) is 8.53. The molecule has 0 saturated carbocycles. The molecule has 0 spiro atoms. The Morgan fingerprint density at radius 3 is 2.93 bits per heavy atom. The van der Waals surface area contributed by atoms with Gasteiger partial charge in [-0.2, -0.15) is 0 Å². The third-order valence-corrected chi connectivity index (χ3v) is 3.19. The highest BCUT2D eigenvalue weighted by Crippen LogP contribution is 2.30. The zero-order valence-corrected chi connectivity index (χ0v) is 9.91. The standard InChI is InChI=1S/C12H15OSi/c1-14-13-9-8-11-7-6-10-4-2-3-5-12(10)11/h2-7H,8-9,14H2,1H3. The van der Waals surface area contributed by atoms with Crippen molar-refractivity contribution in [3.63, 3.8) is 0 Å². The molecule has 1 aromatic carbocycles. The number of fused-ring (bicyclic) bond motifs is 1. The van der Waals surface area contributed by atoms with E-state index in [1.807, 2.05) is 0 Å². The molecule has 0 aromatic heterocycles. The molecule has 0 saturated heterocycles. The zero-order valence-electron chi connectivity index (χ0n) is 8.49. The lowest BCUT2D eigenvalue weighted by Gasteiger charge is -2.09. The molecular formula is C12H15OSi. The number of hydrogen-bond donors (Lipinski definition) is 0. The predicted octanol–water partition coefficient (Wildman–Crippen LogP) is 2.17. The van der Waals surface area contributed by atoms with E-state index in [1.54, 1.807) is 0 Å². The van der Waals surface area contributed by atoms with Crippen LogP contribution in [0.25, 0.3) is 6.08 Å². The first kappa shape index (κ1) is 9.68. The highest BCUT2D eigenvalue weighted by atomic mass is 28.2. The van der Waals surface area contributed by atoms with Gasteiger partial charge in [0.05, 0.1) is 0 Å². The monoisotopic (exact) mass is 203 g/mol. The van der Waals surface area contributed by atoms with Crippen LogP contribution in [-0.4, -0.2) is 16.4 Å². The molecule has 1 aliphatic rings. The zero-order chi connectivity index (χ0) is 9.80. The smallest absolute Gasteiger partial charge is 0.158 e. The summed E-state index contributed by atoms with van der Waals surface area (Å²) in [6.45, 7) is 3.06. The molecule has 0 heterocycles. The summed E-state index contributed by atoms with van der Waals surface area (Å²) in [5, 5.41) is 0. The van der Waals surface area contributed by atoms with E-state index < -0.39 is 0 Å². The molecule has 14 heavy (non-hydrogen) atoms. The van der Waals surface area contributed by atoms with Gasteiger partial charge in [-0.25, -0.2) is 0 Å². The van der Waals surface area contributed by atoms with Gasteiger partial charge in [0.25, 0.3) is 0 Å². The van der Waals surface area contributed by atoms with Crippen molar-refractivity contribution in [2.24, 2.45) is 0 Å². The van der Waals surface area contributed by atoms with Crippen molar-refractivity contribution in [3.8, 4) is 0 Å². The molecule has 0 N–H and O–H groups in total. The van der Waals surface area contributed by atoms with Crippen molar-refractivity contribution in [3.05, 3.63) is 47.4 Å². The summed E-state index contributed by atoms with van der Waals surface area (Å²) >= 11 is 0. The van der Waals surface area contributed by atoms with E-state index in [2.05, 4.69) is 43.0 Å². The third kappa shape index (κ3) is 1.96. The van der Waals surface area contributed by atoms with Crippen molar-refractivity contribution in [1.29, 1.82) is 0 Å². The third-order valence-electron chi connectivity index (χ3n) is 2.49. The second kappa shape index (κ2) is 4.58. The minimum Gasteiger partial charge on any atom is -0.424 e. The Balaban J connectivity index is 2.00. The van der Waals surface area contributed by atoms with Crippen LogP contribution in [0.3, 0.4) is 0 Å². The lowest BCUT2D eigenvalue weighted by molar-refractivity contribution is 0.339. The average molecular weight is 203 g/mol. The summed E-state index contributed by atoms with van der Waals surface area (Å²) in [7, 11) is -0.237. The second-order valence-electron chi connectivity index (χ2n) is 3.39. The predicted molar refractivity (Wildman–Crippen MR) is 62.8 cm³/mol. The van der Waals surface area contributed by atoms with Gasteiger partial charge >= 0.3 is 0 Å². The molecule has 1 radical (unpaired) electrons. The van der Waals surface area contributed by atoms with Crippen LogP contribution >= 0.6 is 0 Å². The van der Waals surface area contributed by atoms with E-state index in [4.69, 9.17) is 4.43 Å². The first-order valence-electron chi connectivity index (χ1n) is 5.13. The first-order valence-corrected chi connectivity index (χ1v) is 7.12. The van der Waals surface area contributed by atoms with E-state index in [1.165, 1.54) is 17.0 Å². The molecule has 1 aliphatic carbocycles. The molecule has 1 nitrogen and oxygen atoms in total. The Morgan fingerprint density at radius 2 is 2.07 bits per heavy atom. The maximum Gasteiger partial charge on any atom is 0.158 e. The van der Waals surface area contributed by atoms with Crippen LogP contribution in [0, 0.1) is 5.92 Å². The maximum atomic E-state index is 5.49. The molecule has 0 amide bonds. The molecule has 73 valence electrons. The SMILES string of the molecule is C[SiH2]OCC[C]1C=Cc2ccccc21. The van der Waals surface area contributed by atoms with E-state index in [0.717, 1.165) is 13.0 Å². The highest BCUT2D eigenvalue weighted by molar-refractivity contribution is 6.24. The Labute approximate surface area is 87.7 Å². The number of hydrogen-bond acceptors (Lipinski definition) is 1. The fourth-order valence-electron chi connectivity index (χ4n) is 1.76. The van der Waals surface area contributed by atoms with Crippen LogP contribution in [-0.2, 0) is 4.43 Å². The molecule has 0 atom stereocenters. The number of allylic oxidation sites excluding steroid dienone is 1. The largest absolute Gasteiger partial charge is 0.424 e. The lowest BCUT2D eigenvalue weighted by atomic mass is 9.98. The van der Waals surface area contributed by atoms with E-state index in [-0.39, 0.29) is 9.76 Å². The van der Waals surface area contributed by atoms with Crippen LogP contribution < -0.4 is 0 Å². The summed E-state index contributed by atoms with van der Waals surface area (Å²) in [4.78, 5) is 0. The van der Waals surface area contributed by atoms with E-state index in [0.29, 0.717) is 0 Å². The van der Waals surface area contributed by atoms with Crippen molar-refractivity contribution in [2.75, 3.05) is 6.61 Å². The van der Waals surface area contributed by atoms with Gasteiger partial charge in [0.2, 0.25) is 0 Å². The average Bonchev–Trinajstić information content (AvgIpc) is 2.63. The molecule has 0 fully saturated rings. The maximum absolute atomic E-state index is 5.49. The Morgan fingerprint density at radius 1 is 1.21 bits per heavy atom. The topological polar surface area (TPSA) is 9.23 Å².